The van der Waals surface area contributed by atoms with Gasteiger partial charge in [-0.15, -0.1) is 6.42 Å². The van der Waals surface area contributed by atoms with Crippen LogP contribution in [0.3, 0.4) is 0 Å². The molecule has 0 bridgehead atoms. The Morgan fingerprint density at radius 1 is 1.39 bits per heavy atom. The highest BCUT2D eigenvalue weighted by Crippen LogP contribution is 2.16. The Hall–Kier alpha value is -1.82. The lowest BCUT2D eigenvalue weighted by Gasteiger charge is -2.19. The number of nitrogens with zero attached hydrogens (tertiary/aromatic N) is 1. The highest BCUT2D eigenvalue weighted by molar-refractivity contribution is 7.89. The van der Waals surface area contributed by atoms with E-state index in [4.69, 9.17) is 11.7 Å². The monoisotopic (exact) mass is 262 g/mol. The quantitative estimate of drug-likeness (QED) is 0.840. The fourth-order valence-electron chi connectivity index (χ4n) is 1.35. The molecule has 0 aliphatic heterocycles. The van der Waals surface area contributed by atoms with E-state index in [1.54, 1.807) is 20.8 Å². The lowest BCUT2D eigenvalue weighted by atomic mass is 10.1. The van der Waals surface area contributed by atoms with Crippen molar-refractivity contribution in [3.8, 4) is 18.4 Å². The molecule has 0 aliphatic carbocycles. The maximum absolute atomic E-state index is 12.1. The number of hydrogen-bond donors (Lipinski definition) is 1. The van der Waals surface area contributed by atoms with Gasteiger partial charge in [0.1, 0.15) is 0 Å². The summed E-state index contributed by atoms with van der Waals surface area (Å²) in [5.41, 5.74) is 0.102. The van der Waals surface area contributed by atoms with Crippen molar-refractivity contribution in [2.75, 3.05) is 0 Å². The molecule has 1 aromatic rings. The van der Waals surface area contributed by atoms with Gasteiger partial charge in [-0.2, -0.15) is 9.98 Å². The molecule has 0 saturated heterocycles. The second-order valence-corrected chi connectivity index (χ2v) is 6.15. The minimum Gasteiger partial charge on any atom is -0.207 e. The third-order valence-electron chi connectivity index (χ3n) is 2.38. The maximum Gasteiger partial charge on any atom is 0.241 e. The molecule has 0 amide bonds. The van der Waals surface area contributed by atoms with Gasteiger partial charge in [-0.05, 0) is 44.5 Å². The predicted octanol–water partition coefficient (Wildman–Crippen LogP) is 1.56. The summed E-state index contributed by atoms with van der Waals surface area (Å²) < 4.78 is 26.6. The van der Waals surface area contributed by atoms with E-state index in [-0.39, 0.29) is 4.90 Å². The van der Waals surface area contributed by atoms with Crippen molar-refractivity contribution >= 4 is 10.0 Å². The van der Waals surface area contributed by atoms with Crippen LogP contribution in [0, 0.1) is 30.6 Å². The van der Waals surface area contributed by atoms with Gasteiger partial charge in [0.15, 0.2) is 0 Å². The lowest BCUT2D eigenvalue weighted by molar-refractivity contribution is 0.539. The molecule has 0 unspecified atom stereocenters. The van der Waals surface area contributed by atoms with Crippen LogP contribution >= 0.6 is 0 Å². The number of rotatable bonds is 3. The second-order valence-electron chi connectivity index (χ2n) is 4.46. The van der Waals surface area contributed by atoms with Crippen molar-refractivity contribution in [3.63, 3.8) is 0 Å². The van der Waals surface area contributed by atoms with Crippen LogP contribution in [0.1, 0.15) is 25.0 Å². The van der Waals surface area contributed by atoms with Gasteiger partial charge in [-0.25, -0.2) is 8.42 Å². The summed E-state index contributed by atoms with van der Waals surface area (Å²) in [7, 11) is -3.68. The van der Waals surface area contributed by atoms with Gasteiger partial charge in [0, 0.05) is 0 Å². The average molecular weight is 262 g/mol. The SMILES string of the molecule is C#CC(C)(C)NS(=O)(=O)c1ccc(C#N)c(C)c1. The van der Waals surface area contributed by atoms with Gasteiger partial charge in [-0.3, -0.25) is 0 Å². The van der Waals surface area contributed by atoms with E-state index in [9.17, 15) is 8.42 Å². The Bertz CT molecular complexity index is 647. The first-order valence-electron chi connectivity index (χ1n) is 5.24. The van der Waals surface area contributed by atoms with Crippen LogP contribution in [0.2, 0.25) is 0 Å². The first-order valence-corrected chi connectivity index (χ1v) is 6.73. The minimum atomic E-state index is -3.68. The summed E-state index contributed by atoms with van der Waals surface area (Å²) in [6, 6.07) is 6.31. The Labute approximate surface area is 108 Å². The van der Waals surface area contributed by atoms with Crippen LogP contribution in [0.5, 0.6) is 0 Å². The molecule has 4 nitrogen and oxygen atoms in total. The third kappa shape index (κ3) is 3.10. The molecule has 0 atom stereocenters. The number of terminal acetylenes is 1. The molecule has 1 N–H and O–H groups in total. The molecule has 0 aromatic heterocycles. The zero-order chi connectivity index (χ0) is 14.0. The van der Waals surface area contributed by atoms with Crippen LogP contribution in [0.25, 0.3) is 0 Å². The lowest BCUT2D eigenvalue weighted by Crippen LogP contribution is -2.41. The topological polar surface area (TPSA) is 70.0 Å². The van der Waals surface area contributed by atoms with Crippen LogP contribution in [0.4, 0.5) is 0 Å². The standard InChI is InChI=1S/C13H14N2O2S/c1-5-13(3,4)15-18(16,17)12-7-6-11(9-14)10(2)8-12/h1,6-8,15H,2-4H3. The first kappa shape index (κ1) is 14.2. The zero-order valence-corrected chi connectivity index (χ0v) is 11.3. The number of nitrogens with one attached hydrogen (secondary N) is 1. The highest BCUT2D eigenvalue weighted by Gasteiger charge is 2.24. The van der Waals surface area contributed by atoms with Gasteiger partial charge < -0.3 is 0 Å². The van der Waals surface area contributed by atoms with Crippen LogP contribution < -0.4 is 4.72 Å². The largest absolute Gasteiger partial charge is 0.241 e. The van der Waals surface area contributed by atoms with Crippen LogP contribution in [-0.4, -0.2) is 14.0 Å². The molecule has 0 radical (unpaired) electrons. The van der Waals surface area contributed by atoms with E-state index < -0.39 is 15.6 Å². The van der Waals surface area contributed by atoms with Crippen molar-refractivity contribution in [2.45, 2.75) is 31.2 Å². The number of nitriles is 1. The average Bonchev–Trinajstić information content (AvgIpc) is 2.27. The molecule has 0 fully saturated rings. The third-order valence-corrected chi connectivity index (χ3v) is 4.03. The number of hydrogen-bond acceptors (Lipinski definition) is 3. The van der Waals surface area contributed by atoms with E-state index >= 15 is 0 Å². The fourth-order valence-corrected chi connectivity index (χ4v) is 2.78. The van der Waals surface area contributed by atoms with Crippen molar-refractivity contribution < 1.29 is 8.42 Å². The number of benzene rings is 1. The zero-order valence-electron chi connectivity index (χ0n) is 10.5. The van der Waals surface area contributed by atoms with E-state index in [0.29, 0.717) is 11.1 Å². The minimum absolute atomic E-state index is 0.0994. The summed E-state index contributed by atoms with van der Waals surface area (Å²) in [6.45, 7) is 4.88. The van der Waals surface area contributed by atoms with Crippen molar-refractivity contribution in [3.05, 3.63) is 29.3 Å². The van der Waals surface area contributed by atoms with Gasteiger partial charge in [0.05, 0.1) is 22.1 Å². The predicted molar refractivity (Wildman–Crippen MR) is 69.1 cm³/mol. The normalized spacial score (nSPS) is 11.6. The molecule has 94 valence electrons. The second kappa shape index (κ2) is 4.81. The fraction of sp³-hybridized carbons (Fsp3) is 0.308. The Balaban J connectivity index is 3.20. The summed E-state index contributed by atoms with van der Waals surface area (Å²) >= 11 is 0. The smallest absolute Gasteiger partial charge is 0.207 e. The Morgan fingerprint density at radius 3 is 2.44 bits per heavy atom. The number of sulfonamides is 1. The molecule has 0 heterocycles. The molecule has 5 heteroatoms. The van der Waals surface area contributed by atoms with E-state index in [1.165, 1.54) is 18.2 Å². The maximum atomic E-state index is 12.1. The summed E-state index contributed by atoms with van der Waals surface area (Å²) in [5, 5.41) is 8.80. The van der Waals surface area contributed by atoms with E-state index in [1.807, 2.05) is 6.07 Å². The first-order chi connectivity index (χ1) is 8.22. The summed E-state index contributed by atoms with van der Waals surface area (Å²) in [4.78, 5) is 0.0994. The molecular formula is C13H14N2O2S. The van der Waals surface area contributed by atoms with Gasteiger partial charge in [0.2, 0.25) is 10.0 Å². The Morgan fingerprint density at radius 2 is 2.00 bits per heavy atom. The van der Waals surface area contributed by atoms with Crippen LogP contribution in [0.15, 0.2) is 23.1 Å². The van der Waals surface area contributed by atoms with Crippen molar-refractivity contribution in [1.29, 1.82) is 5.26 Å². The van der Waals surface area contributed by atoms with Crippen molar-refractivity contribution in [1.82, 2.24) is 4.72 Å². The highest BCUT2D eigenvalue weighted by atomic mass is 32.2. The molecule has 1 rings (SSSR count). The van der Waals surface area contributed by atoms with Gasteiger partial charge >= 0.3 is 0 Å². The number of aryl methyl sites for hydroxylation is 1. The molecule has 1 aromatic carbocycles. The molecule has 0 saturated carbocycles. The summed E-state index contributed by atoms with van der Waals surface area (Å²) in [6.07, 6.45) is 5.25. The van der Waals surface area contributed by atoms with E-state index in [0.717, 1.165) is 0 Å². The van der Waals surface area contributed by atoms with Gasteiger partial charge in [0.25, 0.3) is 0 Å². The van der Waals surface area contributed by atoms with Crippen LogP contribution in [-0.2, 0) is 10.0 Å². The van der Waals surface area contributed by atoms with E-state index in [2.05, 4.69) is 10.6 Å². The molecule has 0 aliphatic rings. The van der Waals surface area contributed by atoms with Crippen molar-refractivity contribution in [2.24, 2.45) is 0 Å². The molecule has 18 heavy (non-hydrogen) atoms. The molecular weight excluding hydrogens is 248 g/mol. The Kier molecular flexibility index (Phi) is 3.81. The molecule has 0 spiro atoms. The summed E-state index contributed by atoms with van der Waals surface area (Å²) in [5.74, 6) is 2.36. The van der Waals surface area contributed by atoms with Gasteiger partial charge in [-0.1, -0.05) is 5.92 Å².